The molecule has 0 atom stereocenters. The van der Waals surface area contributed by atoms with Crippen LogP contribution in [0.5, 0.6) is 0 Å². The van der Waals surface area contributed by atoms with Crippen molar-refractivity contribution in [2.24, 2.45) is 0 Å². The average molecular weight is 402 g/mol. The Kier molecular flexibility index (Phi) is 6.53. The van der Waals surface area contributed by atoms with Gasteiger partial charge in [0.15, 0.2) is 0 Å². The number of carbonyl (C=O) groups is 1. The molecule has 3 rings (SSSR count). The topological polar surface area (TPSA) is 68.0 Å². The lowest BCUT2D eigenvalue weighted by atomic mass is 10.1. The highest BCUT2D eigenvalue weighted by atomic mass is 35.5. The van der Waals surface area contributed by atoms with Gasteiger partial charge in [0.1, 0.15) is 0 Å². The van der Waals surface area contributed by atoms with Gasteiger partial charge in [0.05, 0.1) is 5.75 Å². The van der Waals surface area contributed by atoms with Gasteiger partial charge in [0, 0.05) is 17.1 Å². The van der Waals surface area contributed by atoms with Crippen molar-refractivity contribution >= 4 is 29.3 Å². The first kappa shape index (κ1) is 19.5. The summed E-state index contributed by atoms with van der Waals surface area (Å²) < 4.78 is 5.65. The molecule has 1 heterocycles. The van der Waals surface area contributed by atoms with Crippen LogP contribution in [0.15, 0.2) is 52.1 Å². The lowest BCUT2D eigenvalue weighted by Crippen LogP contribution is -2.27. The maximum Gasteiger partial charge on any atom is 0.277 e. The van der Waals surface area contributed by atoms with E-state index in [1.54, 1.807) is 0 Å². The number of hydrogen-bond acceptors (Lipinski definition) is 5. The Bertz CT molecular complexity index is 942. The Morgan fingerprint density at radius 1 is 1.15 bits per heavy atom. The Morgan fingerprint density at radius 3 is 2.78 bits per heavy atom. The number of carbonyl (C=O) groups excluding carboxylic acids is 1. The molecule has 0 bridgehead atoms. The normalized spacial score (nSPS) is 10.8. The van der Waals surface area contributed by atoms with Crippen molar-refractivity contribution < 1.29 is 9.21 Å². The van der Waals surface area contributed by atoms with Crippen molar-refractivity contribution in [1.29, 1.82) is 0 Å². The molecule has 1 aromatic heterocycles. The van der Waals surface area contributed by atoms with Crippen LogP contribution >= 0.6 is 23.4 Å². The molecular weight excluding hydrogens is 382 g/mol. The van der Waals surface area contributed by atoms with E-state index in [9.17, 15) is 4.79 Å². The minimum atomic E-state index is -0.0760. The van der Waals surface area contributed by atoms with E-state index in [4.69, 9.17) is 16.0 Å². The van der Waals surface area contributed by atoms with Gasteiger partial charge >= 0.3 is 0 Å². The van der Waals surface area contributed by atoms with E-state index < -0.39 is 0 Å². The molecule has 0 saturated heterocycles. The summed E-state index contributed by atoms with van der Waals surface area (Å²) in [5.41, 5.74) is 4.34. The van der Waals surface area contributed by atoms with E-state index in [1.807, 2.05) is 49.4 Å². The molecule has 2 aromatic carbocycles. The van der Waals surface area contributed by atoms with Gasteiger partial charge in [-0.25, -0.2) is 0 Å². The molecule has 1 N–H and O–H groups in total. The first-order chi connectivity index (χ1) is 13.0. The highest BCUT2D eigenvalue weighted by Crippen LogP contribution is 2.24. The average Bonchev–Trinajstić information content (AvgIpc) is 3.11. The van der Waals surface area contributed by atoms with Gasteiger partial charge in [0.2, 0.25) is 11.8 Å². The minimum absolute atomic E-state index is 0.0760. The summed E-state index contributed by atoms with van der Waals surface area (Å²) in [6.45, 7) is 4.65. The van der Waals surface area contributed by atoms with E-state index in [-0.39, 0.29) is 11.7 Å². The summed E-state index contributed by atoms with van der Waals surface area (Å²) in [4.78, 5) is 12.0. The number of aryl methyl sites for hydroxylation is 2. The number of amides is 1. The molecule has 5 nitrogen and oxygen atoms in total. The molecule has 140 valence electrons. The molecular formula is C20H20ClN3O2S. The lowest BCUT2D eigenvalue weighted by molar-refractivity contribution is -0.118. The lowest BCUT2D eigenvalue weighted by Gasteiger charge is -2.04. The van der Waals surface area contributed by atoms with E-state index in [2.05, 4.69) is 22.4 Å². The van der Waals surface area contributed by atoms with E-state index >= 15 is 0 Å². The van der Waals surface area contributed by atoms with E-state index in [0.717, 1.165) is 17.5 Å². The largest absolute Gasteiger partial charge is 0.411 e. The fourth-order valence-corrected chi connectivity index (χ4v) is 3.28. The van der Waals surface area contributed by atoms with E-state index in [1.165, 1.54) is 22.9 Å². The summed E-state index contributed by atoms with van der Waals surface area (Å²) in [5, 5.41) is 12.0. The zero-order valence-electron chi connectivity index (χ0n) is 15.2. The third-order valence-corrected chi connectivity index (χ3v) is 5.17. The van der Waals surface area contributed by atoms with Crippen molar-refractivity contribution in [3.8, 4) is 11.5 Å². The Balaban J connectivity index is 1.46. The first-order valence-electron chi connectivity index (χ1n) is 8.56. The van der Waals surface area contributed by atoms with Crippen molar-refractivity contribution in [1.82, 2.24) is 15.5 Å². The first-order valence-corrected chi connectivity index (χ1v) is 9.92. The van der Waals surface area contributed by atoms with Gasteiger partial charge in [-0.05, 0) is 61.2 Å². The van der Waals surface area contributed by atoms with Gasteiger partial charge in [-0.2, -0.15) is 0 Å². The fourth-order valence-electron chi connectivity index (χ4n) is 2.48. The molecule has 0 radical (unpaired) electrons. The molecule has 0 aliphatic heterocycles. The van der Waals surface area contributed by atoms with E-state index in [0.29, 0.717) is 22.7 Å². The van der Waals surface area contributed by atoms with Crippen LogP contribution in [0.25, 0.3) is 11.5 Å². The zero-order valence-corrected chi connectivity index (χ0v) is 16.7. The maximum atomic E-state index is 12.0. The molecule has 0 saturated carbocycles. The number of thioether (sulfide) groups is 1. The predicted octanol–water partition coefficient (Wildman–Crippen LogP) is 4.46. The number of benzene rings is 2. The highest BCUT2D eigenvalue weighted by molar-refractivity contribution is 7.99. The molecule has 0 unspecified atom stereocenters. The SMILES string of the molecule is Cc1ccc(-c2nnc(SCC(=O)NCCc3cccc(Cl)c3)o2)cc1C. The third-order valence-electron chi connectivity index (χ3n) is 4.11. The number of rotatable bonds is 7. The van der Waals surface area contributed by atoms with Gasteiger partial charge in [0.25, 0.3) is 5.22 Å². The van der Waals surface area contributed by atoms with Crippen molar-refractivity contribution in [3.05, 3.63) is 64.2 Å². The van der Waals surface area contributed by atoms with Gasteiger partial charge in [-0.3, -0.25) is 4.79 Å². The van der Waals surface area contributed by atoms with Gasteiger partial charge in [-0.15, -0.1) is 10.2 Å². The smallest absolute Gasteiger partial charge is 0.277 e. The predicted molar refractivity (Wildman–Crippen MR) is 108 cm³/mol. The molecule has 0 aliphatic carbocycles. The van der Waals surface area contributed by atoms with Crippen molar-refractivity contribution in [2.45, 2.75) is 25.5 Å². The Morgan fingerprint density at radius 2 is 2.00 bits per heavy atom. The van der Waals surface area contributed by atoms with Crippen molar-refractivity contribution in [2.75, 3.05) is 12.3 Å². The number of hydrogen-bond donors (Lipinski definition) is 1. The van der Waals surface area contributed by atoms with Crippen LogP contribution in [0.2, 0.25) is 5.02 Å². The number of aromatic nitrogens is 2. The molecule has 7 heteroatoms. The molecule has 0 spiro atoms. The van der Waals surface area contributed by atoms with Crippen LogP contribution in [0.1, 0.15) is 16.7 Å². The van der Waals surface area contributed by atoms with Crippen LogP contribution < -0.4 is 5.32 Å². The van der Waals surface area contributed by atoms with Gasteiger partial charge in [-0.1, -0.05) is 41.6 Å². The summed E-state index contributed by atoms with van der Waals surface area (Å²) >= 11 is 7.18. The monoisotopic (exact) mass is 401 g/mol. The third kappa shape index (κ3) is 5.58. The molecule has 0 fully saturated rings. The Hall–Kier alpha value is -2.31. The zero-order chi connectivity index (χ0) is 19.2. The summed E-state index contributed by atoms with van der Waals surface area (Å²) in [6, 6.07) is 13.6. The van der Waals surface area contributed by atoms with Crippen molar-refractivity contribution in [3.63, 3.8) is 0 Å². The van der Waals surface area contributed by atoms with Crippen LogP contribution in [0, 0.1) is 13.8 Å². The van der Waals surface area contributed by atoms with Crippen LogP contribution in [-0.4, -0.2) is 28.4 Å². The molecule has 1 amide bonds. The van der Waals surface area contributed by atoms with Crippen LogP contribution in [0.3, 0.4) is 0 Å². The molecule has 3 aromatic rings. The second-order valence-electron chi connectivity index (χ2n) is 6.19. The highest BCUT2D eigenvalue weighted by Gasteiger charge is 2.11. The van der Waals surface area contributed by atoms with Gasteiger partial charge < -0.3 is 9.73 Å². The molecule has 27 heavy (non-hydrogen) atoms. The second kappa shape index (κ2) is 9.06. The summed E-state index contributed by atoms with van der Waals surface area (Å²) in [7, 11) is 0. The Labute approximate surface area is 167 Å². The fraction of sp³-hybridized carbons (Fsp3) is 0.250. The number of nitrogens with one attached hydrogen (secondary N) is 1. The minimum Gasteiger partial charge on any atom is -0.411 e. The second-order valence-corrected chi connectivity index (χ2v) is 7.55. The van der Waals surface area contributed by atoms with Crippen LogP contribution in [0.4, 0.5) is 0 Å². The summed E-state index contributed by atoms with van der Waals surface area (Å²) in [5.74, 6) is 0.610. The molecule has 0 aliphatic rings. The maximum absolute atomic E-state index is 12.0. The standard InChI is InChI=1S/C20H20ClN3O2S/c1-13-6-7-16(10-14(13)2)19-23-24-20(26-19)27-12-18(25)22-9-8-15-4-3-5-17(21)11-15/h3-7,10-11H,8-9,12H2,1-2H3,(H,22,25). The quantitative estimate of drug-likeness (QED) is 0.592. The number of halogens is 1. The summed E-state index contributed by atoms with van der Waals surface area (Å²) in [6.07, 6.45) is 0.731. The van der Waals surface area contributed by atoms with Crippen LogP contribution in [-0.2, 0) is 11.2 Å². The number of nitrogens with zero attached hydrogens (tertiary/aromatic N) is 2.